The minimum atomic E-state index is 0.151. The summed E-state index contributed by atoms with van der Waals surface area (Å²) in [5, 5.41) is 3.37. The molecule has 74 valence electrons. The molecule has 2 unspecified atom stereocenters. The molecule has 0 aromatic carbocycles. The Kier molecular flexibility index (Phi) is 4.15. The van der Waals surface area contributed by atoms with E-state index in [1.165, 1.54) is 5.56 Å². The van der Waals surface area contributed by atoms with Crippen molar-refractivity contribution in [3.8, 4) is 12.3 Å². The van der Waals surface area contributed by atoms with Crippen molar-refractivity contribution in [1.82, 2.24) is 10.3 Å². The molecule has 2 atom stereocenters. The van der Waals surface area contributed by atoms with Crippen molar-refractivity contribution < 1.29 is 0 Å². The highest BCUT2D eigenvalue weighted by atomic mass is 14.9. The van der Waals surface area contributed by atoms with Crippen LogP contribution < -0.4 is 5.32 Å². The zero-order chi connectivity index (χ0) is 10.4. The fourth-order valence-corrected chi connectivity index (χ4v) is 1.33. The van der Waals surface area contributed by atoms with Gasteiger partial charge in [0.05, 0.1) is 6.04 Å². The first-order valence-electron chi connectivity index (χ1n) is 4.90. The quantitative estimate of drug-likeness (QED) is 0.732. The summed E-state index contributed by atoms with van der Waals surface area (Å²) in [5.74, 6) is 2.73. The fourth-order valence-electron chi connectivity index (χ4n) is 1.33. The van der Waals surface area contributed by atoms with Gasteiger partial charge in [0.2, 0.25) is 0 Å². The molecule has 0 bridgehead atoms. The largest absolute Gasteiger partial charge is 0.297 e. The van der Waals surface area contributed by atoms with E-state index in [0.29, 0.717) is 0 Å². The van der Waals surface area contributed by atoms with Crippen molar-refractivity contribution >= 4 is 0 Å². The lowest BCUT2D eigenvalue weighted by Crippen LogP contribution is -2.29. The molecule has 0 radical (unpaired) electrons. The molecule has 0 amide bonds. The first-order chi connectivity index (χ1) is 6.77. The predicted molar refractivity (Wildman–Crippen MR) is 58.7 cm³/mol. The monoisotopic (exact) mass is 188 g/mol. The first kappa shape index (κ1) is 10.7. The smallest absolute Gasteiger partial charge is 0.0688 e. The molecule has 0 fully saturated rings. The van der Waals surface area contributed by atoms with Crippen LogP contribution >= 0.6 is 0 Å². The second-order valence-electron chi connectivity index (χ2n) is 3.30. The van der Waals surface area contributed by atoms with E-state index < -0.39 is 0 Å². The van der Waals surface area contributed by atoms with Crippen molar-refractivity contribution in [2.24, 2.45) is 0 Å². The molecule has 2 nitrogen and oxygen atoms in total. The molecule has 1 rings (SSSR count). The SMILES string of the molecule is C#CC(CC)NC(C)c1ccncc1. The van der Waals surface area contributed by atoms with Gasteiger partial charge in [0, 0.05) is 18.4 Å². The number of pyridine rings is 1. The van der Waals surface area contributed by atoms with E-state index >= 15 is 0 Å². The summed E-state index contributed by atoms with van der Waals surface area (Å²) in [7, 11) is 0. The topological polar surface area (TPSA) is 24.9 Å². The number of nitrogens with zero attached hydrogens (tertiary/aromatic N) is 1. The highest BCUT2D eigenvalue weighted by Crippen LogP contribution is 2.11. The number of rotatable bonds is 4. The van der Waals surface area contributed by atoms with Gasteiger partial charge in [0.1, 0.15) is 0 Å². The Morgan fingerprint density at radius 2 is 2.14 bits per heavy atom. The van der Waals surface area contributed by atoms with E-state index in [9.17, 15) is 0 Å². The Labute approximate surface area is 85.8 Å². The normalized spacial score (nSPS) is 14.4. The third kappa shape index (κ3) is 2.86. The second-order valence-corrected chi connectivity index (χ2v) is 3.30. The van der Waals surface area contributed by atoms with Gasteiger partial charge in [0.25, 0.3) is 0 Å². The van der Waals surface area contributed by atoms with Gasteiger partial charge in [-0.1, -0.05) is 12.8 Å². The summed E-state index contributed by atoms with van der Waals surface area (Å²) in [6.07, 6.45) is 9.93. The van der Waals surface area contributed by atoms with Crippen molar-refractivity contribution in [1.29, 1.82) is 0 Å². The van der Waals surface area contributed by atoms with Gasteiger partial charge in [-0.05, 0) is 31.0 Å². The molecule has 14 heavy (non-hydrogen) atoms. The lowest BCUT2D eigenvalue weighted by molar-refractivity contribution is 0.512. The highest BCUT2D eigenvalue weighted by Gasteiger charge is 2.08. The molecule has 0 aliphatic rings. The van der Waals surface area contributed by atoms with Crippen molar-refractivity contribution in [2.45, 2.75) is 32.4 Å². The molecule has 0 saturated carbocycles. The van der Waals surface area contributed by atoms with Crippen LogP contribution in [0.4, 0.5) is 0 Å². The molecular weight excluding hydrogens is 172 g/mol. The molecule has 1 heterocycles. The number of hydrogen-bond acceptors (Lipinski definition) is 2. The third-order valence-electron chi connectivity index (χ3n) is 2.27. The summed E-state index contributed by atoms with van der Waals surface area (Å²) in [6.45, 7) is 4.19. The highest BCUT2D eigenvalue weighted by molar-refractivity contribution is 5.15. The molecular formula is C12H16N2. The standard InChI is InChI=1S/C12H16N2/c1-4-12(5-2)14-10(3)11-6-8-13-9-7-11/h1,6-10,12,14H,5H2,2-3H3. The molecule has 0 aliphatic heterocycles. The number of terminal acetylenes is 1. The molecule has 1 N–H and O–H groups in total. The van der Waals surface area contributed by atoms with E-state index in [0.717, 1.165) is 6.42 Å². The van der Waals surface area contributed by atoms with Gasteiger partial charge in [-0.15, -0.1) is 6.42 Å². The van der Waals surface area contributed by atoms with Gasteiger partial charge >= 0.3 is 0 Å². The third-order valence-corrected chi connectivity index (χ3v) is 2.27. The Bertz CT molecular complexity index is 300. The van der Waals surface area contributed by atoms with E-state index in [1.807, 2.05) is 12.1 Å². The van der Waals surface area contributed by atoms with Crippen LogP contribution in [0.15, 0.2) is 24.5 Å². The maximum atomic E-state index is 5.38. The second kappa shape index (κ2) is 5.41. The molecule has 0 saturated heterocycles. The van der Waals surface area contributed by atoms with Gasteiger partial charge in [0.15, 0.2) is 0 Å². The minimum Gasteiger partial charge on any atom is -0.297 e. The Morgan fingerprint density at radius 1 is 1.50 bits per heavy atom. The fraction of sp³-hybridized carbons (Fsp3) is 0.417. The molecule has 2 heteroatoms. The maximum absolute atomic E-state index is 5.38. The number of aromatic nitrogens is 1. The van der Waals surface area contributed by atoms with Crippen LogP contribution in [0.25, 0.3) is 0 Å². The van der Waals surface area contributed by atoms with Gasteiger partial charge in [-0.3, -0.25) is 10.3 Å². The van der Waals surface area contributed by atoms with E-state index in [4.69, 9.17) is 6.42 Å². The van der Waals surface area contributed by atoms with E-state index in [1.54, 1.807) is 12.4 Å². The zero-order valence-corrected chi connectivity index (χ0v) is 8.70. The summed E-state index contributed by atoms with van der Waals surface area (Å²) in [4.78, 5) is 3.98. The maximum Gasteiger partial charge on any atom is 0.0688 e. The van der Waals surface area contributed by atoms with E-state index in [2.05, 4.69) is 30.1 Å². The summed E-state index contributed by atoms with van der Waals surface area (Å²) in [5.41, 5.74) is 1.22. The van der Waals surface area contributed by atoms with Gasteiger partial charge in [-0.2, -0.15) is 0 Å². The molecule has 0 spiro atoms. The van der Waals surface area contributed by atoms with Gasteiger partial charge in [-0.25, -0.2) is 0 Å². The van der Waals surface area contributed by atoms with Crippen LogP contribution in [0.2, 0.25) is 0 Å². The zero-order valence-electron chi connectivity index (χ0n) is 8.70. The summed E-state index contributed by atoms with van der Waals surface area (Å²) in [6, 6.07) is 4.43. The van der Waals surface area contributed by atoms with Gasteiger partial charge < -0.3 is 0 Å². The van der Waals surface area contributed by atoms with Crippen molar-refractivity contribution in [2.75, 3.05) is 0 Å². The van der Waals surface area contributed by atoms with E-state index in [-0.39, 0.29) is 12.1 Å². The lowest BCUT2D eigenvalue weighted by atomic mass is 10.1. The van der Waals surface area contributed by atoms with Crippen molar-refractivity contribution in [3.63, 3.8) is 0 Å². The summed E-state index contributed by atoms with van der Waals surface area (Å²) < 4.78 is 0. The number of nitrogens with one attached hydrogen (secondary N) is 1. The Hall–Kier alpha value is -1.33. The van der Waals surface area contributed by atoms with Crippen LogP contribution in [0, 0.1) is 12.3 Å². The van der Waals surface area contributed by atoms with Crippen LogP contribution in [-0.2, 0) is 0 Å². The number of hydrogen-bond donors (Lipinski definition) is 1. The van der Waals surface area contributed by atoms with Crippen LogP contribution in [-0.4, -0.2) is 11.0 Å². The van der Waals surface area contributed by atoms with Crippen LogP contribution in [0.5, 0.6) is 0 Å². The molecule has 1 aromatic rings. The van der Waals surface area contributed by atoms with Crippen molar-refractivity contribution in [3.05, 3.63) is 30.1 Å². The Balaban J connectivity index is 2.59. The van der Waals surface area contributed by atoms with Crippen LogP contribution in [0.3, 0.4) is 0 Å². The average molecular weight is 188 g/mol. The molecule has 1 aromatic heterocycles. The van der Waals surface area contributed by atoms with Crippen LogP contribution in [0.1, 0.15) is 31.9 Å². The lowest BCUT2D eigenvalue weighted by Gasteiger charge is -2.18. The Morgan fingerprint density at radius 3 is 2.64 bits per heavy atom. The average Bonchev–Trinajstić information content (AvgIpc) is 2.26. The predicted octanol–water partition coefficient (Wildman–Crippen LogP) is 2.14. The minimum absolute atomic E-state index is 0.151. The molecule has 0 aliphatic carbocycles. The summed E-state index contributed by atoms with van der Waals surface area (Å²) >= 11 is 0. The first-order valence-corrected chi connectivity index (χ1v) is 4.90.